The van der Waals surface area contributed by atoms with Gasteiger partial charge in [0.05, 0.1) is 5.38 Å². The molecule has 0 aliphatic carbocycles. The molecule has 1 nitrogen and oxygen atoms in total. The monoisotopic (exact) mass is 282 g/mol. The lowest BCUT2D eigenvalue weighted by Gasteiger charge is -2.10. The Morgan fingerprint density at radius 2 is 2.00 bits per heavy atom. The van der Waals surface area contributed by atoms with Crippen molar-refractivity contribution in [3.8, 4) is 0 Å². The molecule has 0 fully saturated rings. The van der Waals surface area contributed by atoms with Crippen molar-refractivity contribution in [1.82, 2.24) is 0 Å². The zero-order chi connectivity index (χ0) is 13.2. The molecule has 1 aromatic rings. The van der Waals surface area contributed by atoms with E-state index in [0.717, 1.165) is 0 Å². The maximum Gasteiger partial charge on any atom is 0.446 e. The van der Waals surface area contributed by atoms with Crippen LogP contribution in [0.5, 0.6) is 0 Å². The second-order valence-electron chi connectivity index (χ2n) is 3.51. The molecule has 0 amide bonds. The molecular weight excluding hydrogens is 273 g/mol. The number of thioether (sulfide) groups is 1. The van der Waals surface area contributed by atoms with E-state index in [0.29, 0.717) is 11.1 Å². The Hall–Kier alpha value is -0.680. The van der Waals surface area contributed by atoms with E-state index in [-0.39, 0.29) is 22.4 Å². The van der Waals surface area contributed by atoms with E-state index in [4.69, 9.17) is 11.6 Å². The smallest absolute Gasteiger partial charge is 0.293 e. The number of ketones is 1. The predicted octanol–water partition coefficient (Wildman–Crippen LogP) is 4.42. The number of carbonyl (C=O) groups excluding carboxylic acids is 1. The lowest BCUT2D eigenvalue weighted by Crippen LogP contribution is -2.10. The lowest BCUT2D eigenvalue weighted by molar-refractivity contribution is -0.0328. The second kappa shape index (κ2) is 5.31. The Labute approximate surface area is 106 Å². The van der Waals surface area contributed by atoms with Crippen molar-refractivity contribution in [2.45, 2.75) is 29.6 Å². The first kappa shape index (κ1) is 14.4. The molecule has 17 heavy (non-hydrogen) atoms. The number of benzene rings is 1. The lowest BCUT2D eigenvalue weighted by atomic mass is 10.1. The van der Waals surface area contributed by atoms with Crippen LogP contribution < -0.4 is 0 Å². The van der Waals surface area contributed by atoms with E-state index in [9.17, 15) is 18.0 Å². The average Bonchev–Trinajstić information content (AvgIpc) is 2.18. The van der Waals surface area contributed by atoms with Gasteiger partial charge >= 0.3 is 5.51 Å². The van der Waals surface area contributed by atoms with Gasteiger partial charge in [0, 0.05) is 10.5 Å². The summed E-state index contributed by atoms with van der Waals surface area (Å²) in [5.41, 5.74) is -3.58. The molecule has 0 aromatic heterocycles. The summed E-state index contributed by atoms with van der Waals surface area (Å²) in [5, 5.41) is -0.685. The van der Waals surface area contributed by atoms with Crippen LogP contribution in [0.1, 0.15) is 22.8 Å². The molecule has 1 unspecified atom stereocenters. The molecule has 0 aliphatic heterocycles. The zero-order valence-corrected chi connectivity index (χ0v) is 10.7. The normalized spacial score (nSPS) is 13.5. The molecule has 0 saturated heterocycles. The number of Topliss-reactive ketones (excluding diaryl/α,β-unsaturated/α-hetero) is 1. The minimum absolute atomic E-state index is 0.0938. The van der Waals surface area contributed by atoms with Gasteiger partial charge in [0.2, 0.25) is 0 Å². The van der Waals surface area contributed by atoms with Gasteiger partial charge in [-0.15, -0.1) is 11.6 Å². The fourth-order valence-electron chi connectivity index (χ4n) is 1.27. The highest BCUT2D eigenvalue weighted by Gasteiger charge is 2.30. The summed E-state index contributed by atoms with van der Waals surface area (Å²) in [6, 6.07) is 4.08. The SMILES string of the molecule is Cc1cc(C(=O)C(C)Cl)ccc1SC(F)(F)F. The molecule has 0 heterocycles. The number of rotatable bonds is 3. The van der Waals surface area contributed by atoms with Crippen molar-refractivity contribution in [2.24, 2.45) is 0 Å². The molecule has 0 N–H and O–H groups in total. The molecule has 6 heteroatoms. The van der Waals surface area contributed by atoms with Crippen LogP contribution >= 0.6 is 23.4 Å². The molecule has 1 atom stereocenters. The largest absolute Gasteiger partial charge is 0.446 e. The maximum atomic E-state index is 12.2. The van der Waals surface area contributed by atoms with Crippen molar-refractivity contribution < 1.29 is 18.0 Å². The summed E-state index contributed by atoms with van der Waals surface area (Å²) in [6.07, 6.45) is 0. The second-order valence-corrected chi connectivity index (χ2v) is 5.27. The van der Waals surface area contributed by atoms with Gasteiger partial charge in [-0.25, -0.2) is 0 Å². The van der Waals surface area contributed by atoms with Crippen molar-refractivity contribution in [1.29, 1.82) is 0 Å². The van der Waals surface area contributed by atoms with Gasteiger partial charge in [-0.2, -0.15) is 13.2 Å². The third-order valence-electron chi connectivity index (χ3n) is 2.05. The number of alkyl halides is 4. The van der Waals surface area contributed by atoms with Gasteiger partial charge in [0.1, 0.15) is 0 Å². The molecule has 0 bridgehead atoms. The highest BCUT2D eigenvalue weighted by Crippen LogP contribution is 2.38. The van der Waals surface area contributed by atoms with Gasteiger partial charge in [0.15, 0.2) is 5.78 Å². The van der Waals surface area contributed by atoms with Crippen LogP contribution in [0.25, 0.3) is 0 Å². The molecule has 0 spiro atoms. The number of halogens is 4. The molecule has 0 aliphatic rings. The minimum Gasteiger partial charge on any atom is -0.293 e. The third-order valence-corrected chi connectivity index (χ3v) is 3.15. The summed E-state index contributed by atoms with van der Waals surface area (Å²) < 4.78 is 36.6. The number of hydrogen-bond acceptors (Lipinski definition) is 2. The highest BCUT2D eigenvalue weighted by molar-refractivity contribution is 8.00. The van der Waals surface area contributed by atoms with Crippen molar-refractivity contribution in [3.63, 3.8) is 0 Å². The Morgan fingerprint density at radius 3 is 2.41 bits per heavy atom. The Morgan fingerprint density at radius 1 is 1.41 bits per heavy atom. The van der Waals surface area contributed by atoms with E-state index in [1.165, 1.54) is 32.0 Å². The molecular formula is C11H10ClF3OS. The van der Waals surface area contributed by atoms with E-state index in [2.05, 4.69) is 0 Å². The van der Waals surface area contributed by atoms with E-state index >= 15 is 0 Å². The number of aryl methyl sites for hydroxylation is 1. The first-order valence-electron chi connectivity index (χ1n) is 4.75. The van der Waals surface area contributed by atoms with E-state index in [1.54, 1.807) is 0 Å². The quantitative estimate of drug-likeness (QED) is 0.464. The summed E-state index contributed by atoms with van der Waals surface area (Å²) in [5.74, 6) is -0.293. The first-order valence-corrected chi connectivity index (χ1v) is 6.00. The average molecular weight is 283 g/mol. The van der Waals surface area contributed by atoms with Crippen LogP contribution in [-0.2, 0) is 0 Å². The van der Waals surface area contributed by atoms with Crippen LogP contribution in [0.2, 0.25) is 0 Å². The van der Waals surface area contributed by atoms with Crippen molar-refractivity contribution in [2.75, 3.05) is 0 Å². The van der Waals surface area contributed by atoms with Gasteiger partial charge in [-0.3, -0.25) is 4.79 Å². The minimum atomic E-state index is -4.32. The first-order chi connectivity index (χ1) is 7.70. The maximum absolute atomic E-state index is 12.2. The predicted molar refractivity (Wildman–Crippen MR) is 62.7 cm³/mol. The summed E-state index contributed by atoms with van der Waals surface area (Å²) in [7, 11) is 0. The number of hydrogen-bond donors (Lipinski definition) is 0. The Balaban J connectivity index is 2.98. The topological polar surface area (TPSA) is 17.1 Å². The fraction of sp³-hybridized carbons (Fsp3) is 0.364. The standard InChI is InChI=1S/C11H10ClF3OS/c1-6-5-8(10(16)7(2)12)3-4-9(6)17-11(13,14)15/h3-5,7H,1-2H3. The van der Waals surface area contributed by atoms with Crippen LogP contribution in [0.15, 0.2) is 23.1 Å². The molecule has 0 saturated carbocycles. The zero-order valence-electron chi connectivity index (χ0n) is 9.14. The molecule has 1 rings (SSSR count). The number of carbonyl (C=O) groups is 1. The van der Waals surface area contributed by atoms with Gasteiger partial charge in [-0.05, 0) is 43.3 Å². The van der Waals surface area contributed by atoms with Gasteiger partial charge in [0.25, 0.3) is 0 Å². The van der Waals surface area contributed by atoms with Gasteiger partial charge in [-0.1, -0.05) is 6.07 Å². The van der Waals surface area contributed by atoms with Crippen LogP contribution in [0.4, 0.5) is 13.2 Å². The summed E-state index contributed by atoms with van der Waals surface area (Å²) in [4.78, 5) is 11.6. The van der Waals surface area contributed by atoms with Crippen molar-refractivity contribution >= 4 is 29.1 Å². The molecule has 94 valence electrons. The van der Waals surface area contributed by atoms with E-state index < -0.39 is 10.9 Å². The molecule has 1 aromatic carbocycles. The van der Waals surface area contributed by atoms with E-state index in [1.807, 2.05) is 0 Å². The summed E-state index contributed by atoms with van der Waals surface area (Å²) >= 11 is 5.44. The van der Waals surface area contributed by atoms with Crippen LogP contribution in [-0.4, -0.2) is 16.7 Å². The summed E-state index contributed by atoms with van der Waals surface area (Å²) in [6.45, 7) is 3.06. The van der Waals surface area contributed by atoms with Crippen molar-refractivity contribution in [3.05, 3.63) is 29.3 Å². The third kappa shape index (κ3) is 4.24. The molecule has 0 radical (unpaired) electrons. The van der Waals surface area contributed by atoms with Crippen LogP contribution in [0, 0.1) is 6.92 Å². The highest BCUT2D eigenvalue weighted by atomic mass is 35.5. The Bertz CT molecular complexity index is 429. The fourth-order valence-corrected chi connectivity index (χ4v) is 2.00. The van der Waals surface area contributed by atoms with Crippen LogP contribution in [0.3, 0.4) is 0 Å². The Kier molecular flexibility index (Phi) is 4.49. The van der Waals surface area contributed by atoms with Gasteiger partial charge < -0.3 is 0 Å².